The third-order valence-electron chi connectivity index (χ3n) is 4.36. The molecule has 5 nitrogen and oxygen atoms in total. The van der Waals surface area contributed by atoms with Gasteiger partial charge in [-0.25, -0.2) is 4.68 Å². The van der Waals surface area contributed by atoms with Gasteiger partial charge in [0.1, 0.15) is 5.75 Å². The van der Waals surface area contributed by atoms with Gasteiger partial charge in [-0.15, -0.1) is 11.3 Å². The zero-order valence-corrected chi connectivity index (χ0v) is 15.6. The highest BCUT2D eigenvalue weighted by atomic mass is 32.1. The van der Waals surface area contributed by atoms with Crippen molar-refractivity contribution in [1.29, 1.82) is 0 Å². The Morgan fingerprint density at radius 1 is 1.32 bits per heavy atom. The Kier molecular flexibility index (Phi) is 4.70. The first-order chi connectivity index (χ1) is 12.2. The zero-order valence-electron chi connectivity index (χ0n) is 14.0. The van der Waals surface area contributed by atoms with E-state index >= 15 is 0 Å². The number of aromatic nitrogens is 3. The van der Waals surface area contributed by atoms with Gasteiger partial charge in [-0.2, -0.15) is 4.98 Å². The Morgan fingerprint density at radius 2 is 2.12 bits per heavy atom. The summed E-state index contributed by atoms with van der Waals surface area (Å²) in [5, 5.41) is 5.40. The van der Waals surface area contributed by atoms with Crippen molar-refractivity contribution < 1.29 is 4.74 Å². The Bertz CT molecular complexity index is 879. The van der Waals surface area contributed by atoms with Crippen molar-refractivity contribution in [2.75, 3.05) is 7.11 Å². The molecule has 0 amide bonds. The lowest BCUT2D eigenvalue weighted by Gasteiger charge is -2.22. The van der Waals surface area contributed by atoms with E-state index in [0.29, 0.717) is 10.8 Å². The standard InChI is InChI=1S/C18H20N4OS2/c1-23-15-8-4-13(5-9-15)11-21(14-6-7-14)12-22-18(24)19-17(20-22)16-3-2-10-25-16/h2-5,8-10,14H,6-7,11-12H2,1H3,(H,19,20,24). The summed E-state index contributed by atoms with van der Waals surface area (Å²) in [6.07, 6.45) is 2.49. The van der Waals surface area contributed by atoms with E-state index in [1.54, 1.807) is 18.4 Å². The van der Waals surface area contributed by atoms with E-state index in [-0.39, 0.29) is 0 Å². The average molecular weight is 373 g/mol. The molecule has 1 N–H and O–H groups in total. The summed E-state index contributed by atoms with van der Waals surface area (Å²) in [5.74, 6) is 1.73. The third kappa shape index (κ3) is 3.84. The van der Waals surface area contributed by atoms with Crippen molar-refractivity contribution >= 4 is 23.6 Å². The first-order valence-electron chi connectivity index (χ1n) is 8.30. The lowest BCUT2D eigenvalue weighted by Crippen LogP contribution is -2.28. The molecule has 3 aromatic rings. The van der Waals surface area contributed by atoms with Crippen LogP contribution in [0.2, 0.25) is 0 Å². The maximum atomic E-state index is 5.45. The van der Waals surface area contributed by atoms with Gasteiger partial charge in [-0.3, -0.25) is 10.00 Å². The largest absolute Gasteiger partial charge is 0.497 e. The van der Waals surface area contributed by atoms with E-state index in [1.807, 2.05) is 28.3 Å². The molecule has 0 unspecified atom stereocenters. The molecule has 130 valence electrons. The van der Waals surface area contributed by atoms with Crippen LogP contribution in [0.25, 0.3) is 10.7 Å². The Labute approximate surface area is 155 Å². The summed E-state index contributed by atoms with van der Waals surface area (Å²) in [4.78, 5) is 8.07. The smallest absolute Gasteiger partial charge is 0.217 e. The van der Waals surface area contributed by atoms with E-state index in [2.05, 4.69) is 33.2 Å². The van der Waals surface area contributed by atoms with E-state index in [4.69, 9.17) is 17.0 Å². The minimum Gasteiger partial charge on any atom is -0.497 e. The van der Waals surface area contributed by atoms with Crippen molar-refractivity contribution in [2.45, 2.75) is 32.1 Å². The normalized spacial score (nSPS) is 14.2. The molecule has 1 saturated carbocycles. The van der Waals surface area contributed by atoms with Gasteiger partial charge in [0.15, 0.2) is 5.82 Å². The molecule has 0 aliphatic heterocycles. The van der Waals surface area contributed by atoms with Crippen LogP contribution in [0.4, 0.5) is 0 Å². The van der Waals surface area contributed by atoms with Crippen LogP contribution in [0.1, 0.15) is 18.4 Å². The van der Waals surface area contributed by atoms with E-state index in [9.17, 15) is 0 Å². The molecule has 25 heavy (non-hydrogen) atoms. The Hall–Kier alpha value is -1.96. The molecule has 0 bridgehead atoms. The highest BCUT2D eigenvalue weighted by Crippen LogP contribution is 2.29. The maximum Gasteiger partial charge on any atom is 0.217 e. The number of H-pyrrole nitrogens is 1. The fourth-order valence-corrected chi connectivity index (χ4v) is 3.72. The predicted octanol–water partition coefficient (Wildman–Crippen LogP) is 4.30. The molecular formula is C18H20N4OS2. The molecular weight excluding hydrogens is 352 g/mol. The van der Waals surface area contributed by atoms with Crippen LogP contribution in [0.15, 0.2) is 41.8 Å². The summed E-state index contributed by atoms with van der Waals surface area (Å²) in [5.41, 5.74) is 1.28. The average Bonchev–Trinajstić information content (AvgIpc) is 3.20. The van der Waals surface area contributed by atoms with Gasteiger partial charge >= 0.3 is 0 Å². The summed E-state index contributed by atoms with van der Waals surface area (Å²) >= 11 is 7.11. The van der Waals surface area contributed by atoms with E-state index in [0.717, 1.165) is 29.7 Å². The predicted molar refractivity (Wildman–Crippen MR) is 102 cm³/mol. The van der Waals surface area contributed by atoms with Crippen LogP contribution >= 0.6 is 23.6 Å². The Balaban J connectivity index is 1.51. The number of aromatic amines is 1. The minimum atomic E-state index is 0.601. The number of ether oxygens (including phenoxy) is 1. The molecule has 2 aromatic heterocycles. The molecule has 0 radical (unpaired) electrons. The summed E-state index contributed by atoms with van der Waals surface area (Å²) in [7, 11) is 1.69. The number of nitrogens with zero attached hydrogens (tertiary/aromatic N) is 3. The van der Waals surface area contributed by atoms with Crippen LogP contribution < -0.4 is 4.74 Å². The van der Waals surface area contributed by atoms with Crippen molar-refractivity contribution in [1.82, 2.24) is 19.7 Å². The molecule has 7 heteroatoms. The summed E-state index contributed by atoms with van der Waals surface area (Å²) in [6.45, 7) is 1.62. The number of benzene rings is 1. The van der Waals surface area contributed by atoms with Crippen LogP contribution in [-0.4, -0.2) is 32.8 Å². The maximum absolute atomic E-state index is 5.45. The van der Waals surface area contributed by atoms with Gasteiger partial charge in [0.2, 0.25) is 4.77 Å². The van der Waals surface area contributed by atoms with Gasteiger partial charge in [0, 0.05) is 12.6 Å². The van der Waals surface area contributed by atoms with Crippen molar-refractivity contribution in [2.24, 2.45) is 0 Å². The number of thiophene rings is 1. The van der Waals surface area contributed by atoms with Crippen molar-refractivity contribution in [3.63, 3.8) is 0 Å². The number of hydrogen-bond donors (Lipinski definition) is 1. The fourth-order valence-electron chi connectivity index (χ4n) is 2.86. The van der Waals surface area contributed by atoms with Gasteiger partial charge in [-0.1, -0.05) is 18.2 Å². The molecule has 1 aromatic carbocycles. The number of nitrogens with one attached hydrogen (secondary N) is 1. The second-order valence-electron chi connectivity index (χ2n) is 6.23. The lowest BCUT2D eigenvalue weighted by molar-refractivity contribution is 0.187. The number of methoxy groups -OCH3 is 1. The van der Waals surface area contributed by atoms with Crippen LogP contribution in [0, 0.1) is 4.77 Å². The van der Waals surface area contributed by atoms with E-state index < -0.39 is 0 Å². The van der Waals surface area contributed by atoms with Gasteiger partial charge in [0.25, 0.3) is 0 Å². The fraction of sp³-hybridized carbons (Fsp3) is 0.333. The number of hydrogen-bond acceptors (Lipinski definition) is 5. The molecule has 0 atom stereocenters. The molecule has 0 spiro atoms. The van der Waals surface area contributed by atoms with Crippen LogP contribution in [-0.2, 0) is 13.2 Å². The highest BCUT2D eigenvalue weighted by Gasteiger charge is 2.29. The molecule has 1 fully saturated rings. The van der Waals surface area contributed by atoms with Crippen LogP contribution in [0.5, 0.6) is 5.75 Å². The third-order valence-corrected chi connectivity index (χ3v) is 5.55. The number of rotatable bonds is 7. The first-order valence-corrected chi connectivity index (χ1v) is 9.59. The highest BCUT2D eigenvalue weighted by molar-refractivity contribution is 7.71. The molecule has 4 rings (SSSR count). The lowest BCUT2D eigenvalue weighted by atomic mass is 10.2. The quantitative estimate of drug-likeness (QED) is 0.628. The van der Waals surface area contributed by atoms with E-state index in [1.165, 1.54) is 18.4 Å². The molecule has 2 heterocycles. The van der Waals surface area contributed by atoms with Gasteiger partial charge < -0.3 is 4.74 Å². The molecule has 0 saturated heterocycles. The molecule has 1 aliphatic rings. The monoisotopic (exact) mass is 372 g/mol. The second-order valence-corrected chi connectivity index (χ2v) is 7.54. The summed E-state index contributed by atoms with van der Waals surface area (Å²) in [6, 6.07) is 13.0. The van der Waals surface area contributed by atoms with Crippen LogP contribution in [0.3, 0.4) is 0 Å². The van der Waals surface area contributed by atoms with Crippen molar-refractivity contribution in [3.05, 3.63) is 52.1 Å². The SMILES string of the molecule is COc1ccc(CN(Cn2[nH]c(-c3cccs3)nc2=S)C2CC2)cc1. The Morgan fingerprint density at radius 3 is 2.76 bits per heavy atom. The topological polar surface area (TPSA) is 46.1 Å². The van der Waals surface area contributed by atoms with Crippen molar-refractivity contribution in [3.8, 4) is 16.5 Å². The zero-order chi connectivity index (χ0) is 17.2. The molecule has 1 aliphatic carbocycles. The van der Waals surface area contributed by atoms with Gasteiger partial charge in [0.05, 0.1) is 18.7 Å². The summed E-state index contributed by atoms with van der Waals surface area (Å²) < 4.78 is 7.80. The second kappa shape index (κ2) is 7.11. The minimum absolute atomic E-state index is 0.601. The first kappa shape index (κ1) is 16.5. The van der Waals surface area contributed by atoms with Gasteiger partial charge in [-0.05, 0) is 54.2 Å².